The molecule has 240 valence electrons. The van der Waals surface area contributed by atoms with Gasteiger partial charge in [0.1, 0.15) is 0 Å². The van der Waals surface area contributed by atoms with Crippen LogP contribution in [0.15, 0.2) is 146 Å². The first-order valence-electron chi connectivity index (χ1n) is 17.6. The predicted molar refractivity (Wildman–Crippen MR) is 217 cm³/mol. The normalized spacial score (nSPS) is 14.4. The lowest BCUT2D eigenvalue weighted by atomic mass is 9.85. The number of aromatic nitrogens is 3. The third-order valence-corrected chi connectivity index (χ3v) is 11.9. The highest BCUT2D eigenvalue weighted by atomic mass is 32.1. The highest BCUT2D eigenvalue weighted by Crippen LogP contribution is 2.45. The van der Waals surface area contributed by atoms with Gasteiger partial charge in [0.15, 0.2) is 0 Å². The van der Waals surface area contributed by atoms with Gasteiger partial charge in [0.05, 0.1) is 33.5 Å². The molecule has 0 spiro atoms. The first-order chi connectivity index (χ1) is 25.2. The van der Waals surface area contributed by atoms with Crippen LogP contribution in [-0.4, -0.2) is 14.5 Å². The van der Waals surface area contributed by atoms with Crippen LogP contribution in [0.25, 0.3) is 98.1 Å². The topological polar surface area (TPSA) is 30.7 Å². The van der Waals surface area contributed by atoms with Crippen molar-refractivity contribution in [2.45, 2.75) is 19.3 Å². The Bertz CT molecular complexity index is 3090. The van der Waals surface area contributed by atoms with Crippen molar-refractivity contribution in [3.05, 3.63) is 157 Å². The second kappa shape index (κ2) is 10.9. The molecule has 1 atom stereocenters. The van der Waals surface area contributed by atoms with Crippen molar-refractivity contribution < 1.29 is 0 Å². The molecule has 11 rings (SSSR count). The first-order valence-corrected chi connectivity index (χ1v) is 18.5. The Morgan fingerprint density at radius 1 is 0.588 bits per heavy atom. The molecule has 0 N–H and O–H groups in total. The fourth-order valence-corrected chi connectivity index (χ4v) is 9.54. The van der Waals surface area contributed by atoms with E-state index in [2.05, 4.69) is 151 Å². The summed E-state index contributed by atoms with van der Waals surface area (Å²) in [6.45, 7) is 2.37. The summed E-state index contributed by atoms with van der Waals surface area (Å²) < 4.78 is 5.04. The lowest BCUT2D eigenvalue weighted by Crippen LogP contribution is -2.01. The number of rotatable bonds is 3. The van der Waals surface area contributed by atoms with Crippen molar-refractivity contribution in [2.24, 2.45) is 0 Å². The van der Waals surface area contributed by atoms with Gasteiger partial charge in [0.25, 0.3) is 0 Å². The van der Waals surface area contributed by atoms with Crippen LogP contribution in [-0.2, 0) is 0 Å². The molecule has 1 aliphatic carbocycles. The van der Waals surface area contributed by atoms with E-state index in [1.54, 1.807) is 0 Å². The Labute approximate surface area is 298 Å². The number of thiophene rings is 1. The number of allylic oxidation sites excluding steroid dienone is 1. The number of benzene rings is 7. The van der Waals surface area contributed by atoms with Gasteiger partial charge in [-0.1, -0.05) is 104 Å². The second-order valence-corrected chi connectivity index (χ2v) is 14.9. The molecule has 0 aliphatic heterocycles. The lowest BCUT2D eigenvalue weighted by molar-refractivity contribution is 0.779. The maximum absolute atomic E-state index is 5.33. The van der Waals surface area contributed by atoms with Gasteiger partial charge < -0.3 is 4.57 Å². The molecular formula is C47H31N3S. The zero-order chi connectivity index (χ0) is 33.6. The van der Waals surface area contributed by atoms with Crippen molar-refractivity contribution in [3.63, 3.8) is 0 Å². The van der Waals surface area contributed by atoms with Crippen LogP contribution in [0.4, 0.5) is 0 Å². The van der Waals surface area contributed by atoms with E-state index < -0.39 is 0 Å². The van der Waals surface area contributed by atoms with Crippen molar-refractivity contribution in [1.82, 2.24) is 14.5 Å². The van der Waals surface area contributed by atoms with Crippen molar-refractivity contribution >= 4 is 81.2 Å². The maximum atomic E-state index is 5.33. The third-order valence-electron chi connectivity index (χ3n) is 10.8. The smallest absolute Gasteiger partial charge is 0.0973 e. The summed E-state index contributed by atoms with van der Waals surface area (Å²) in [5.41, 5.74) is 12.0. The molecule has 1 unspecified atom stereocenters. The first kappa shape index (κ1) is 28.7. The van der Waals surface area contributed by atoms with Gasteiger partial charge in [-0.25, -0.2) is 9.97 Å². The number of para-hydroxylation sites is 2. The summed E-state index contributed by atoms with van der Waals surface area (Å²) in [4.78, 5) is 10.6. The quantitative estimate of drug-likeness (QED) is 0.187. The predicted octanol–water partition coefficient (Wildman–Crippen LogP) is 13.1. The minimum atomic E-state index is 0.436. The van der Waals surface area contributed by atoms with Gasteiger partial charge in [0, 0.05) is 47.8 Å². The highest BCUT2D eigenvalue weighted by Gasteiger charge is 2.24. The molecule has 10 aromatic rings. The third kappa shape index (κ3) is 4.30. The second-order valence-electron chi connectivity index (χ2n) is 13.8. The Morgan fingerprint density at radius 2 is 1.29 bits per heavy atom. The summed E-state index contributed by atoms with van der Waals surface area (Å²) >= 11 is 1.84. The van der Waals surface area contributed by atoms with E-state index in [0.29, 0.717) is 5.92 Å². The molecule has 0 saturated carbocycles. The summed E-state index contributed by atoms with van der Waals surface area (Å²) in [5.74, 6) is 0.436. The van der Waals surface area contributed by atoms with Gasteiger partial charge in [-0.15, -0.1) is 11.3 Å². The van der Waals surface area contributed by atoms with E-state index in [0.717, 1.165) is 45.7 Å². The van der Waals surface area contributed by atoms with Crippen LogP contribution in [0.1, 0.15) is 30.4 Å². The minimum absolute atomic E-state index is 0.436. The molecule has 3 aromatic heterocycles. The number of nitrogens with zero attached hydrogens (tertiary/aromatic N) is 3. The minimum Gasteiger partial charge on any atom is -0.309 e. The average molecular weight is 670 g/mol. The van der Waals surface area contributed by atoms with Crippen LogP contribution in [0, 0.1) is 0 Å². The Balaban J connectivity index is 1.18. The molecule has 51 heavy (non-hydrogen) atoms. The summed E-state index contributed by atoms with van der Waals surface area (Å²) in [6, 6.07) is 50.5. The molecule has 0 fully saturated rings. The van der Waals surface area contributed by atoms with E-state index in [4.69, 9.17) is 9.97 Å². The Hall–Kier alpha value is -6.10. The highest BCUT2D eigenvalue weighted by molar-refractivity contribution is 7.25. The summed E-state index contributed by atoms with van der Waals surface area (Å²) in [6.07, 6.45) is 5.68. The van der Waals surface area contributed by atoms with Gasteiger partial charge in [-0.05, 0) is 88.8 Å². The standard InChI is InChI=1S/C47H31N3S/c1-28-10-8-12-30-21-24-40-45(43(28)30)44-34-15-3-2-11-29(34)20-23-39(44)50(40)33-14-9-13-31(26-33)46-47(49-38-18-6-5-17-37(38)48-46)32-22-25-42-36(27-32)35-16-4-7-19-41(35)51-42/h2-9,11-28H,10H2,1H3. The molecule has 7 aromatic carbocycles. The van der Waals surface area contributed by atoms with Crippen LogP contribution < -0.4 is 0 Å². The van der Waals surface area contributed by atoms with E-state index in [-0.39, 0.29) is 0 Å². The van der Waals surface area contributed by atoms with E-state index in [9.17, 15) is 0 Å². The summed E-state index contributed by atoms with van der Waals surface area (Å²) in [7, 11) is 0. The van der Waals surface area contributed by atoms with Gasteiger partial charge >= 0.3 is 0 Å². The van der Waals surface area contributed by atoms with E-state index in [1.165, 1.54) is 63.9 Å². The number of fused-ring (bicyclic) bond motifs is 11. The molecule has 0 amide bonds. The largest absolute Gasteiger partial charge is 0.309 e. The van der Waals surface area contributed by atoms with Gasteiger partial charge in [-0.2, -0.15) is 0 Å². The van der Waals surface area contributed by atoms with Crippen molar-refractivity contribution in [2.75, 3.05) is 0 Å². The molecule has 0 radical (unpaired) electrons. The Morgan fingerprint density at radius 3 is 2.16 bits per heavy atom. The zero-order valence-corrected chi connectivity index (χ0v) is 28.8. The van der Waals surface area contributed by atoms with Crippen LogP contribution in [0.2, 0.25) is 0 Å². The molecule has 4 heteroatoms. The van der Waals surface area contributed by atoms with Gasteiger partial charge in [-0.3, -0.25) is 0 Å². The van der Waals surface area contributed by atoms with Gasteiger partial charge in [0.2, 0.25) is 0 Å². The maximum Gasteiger partial charge on any atom is 0.0973 e. The van der Waals surface area contributed by atoms with Crippen molar-refractivity contribution in [1.29, 1.82) is 0 Å². The van der Waals surface area contributed by atoms with E-state index in [1.807, 2.05) is 23.5 Å². The molecule has 3 heterocycles. The number of hydrogen-bond acceptors (Lipinski definition) is 3. The van der Waals surface area contributed by atoms with Crippen LogP contribution in [0.3, 0.4) is 0 Å². The lowest BCUT2D eigenvalue weighted by Gasteiger charge is -2.20. The van der Waals surface area contributed by atoms with Crippen molar-refractivity contribution in [3.8, 4) is 28.2 Å². The number of hydrogen-bond donors (Lipinski definition) is 0. The monoisotopic (exact) mass is 669 g/mol. The summed E-state index contributed by atoms with van der Waals surface area (Å²) in [5, 5.41) is 7.79. The molecule has 0 saturated heterocycles. The average Bonchev–Trinajstić information content (AvgIpc) is 3.73. The molecular weight excluding hydrogens is 639 g/mol. The molecule has 1 aliphatic rings. The van der Waals surface area contributed by atoms with E-state index >= 15 is 0 Å². The fraction of sp³-hybridized carbons (Fsp3) is 0.0638. The molecule has 3 nitrogen and oxygen atoms in total. The van der Waals surface area contributed by atoms with Crippen LogP contribution >= 0.6 is 11.3 Å². The Kier molecular flexibility index (Phi) is 6.16. The molecule has 0 bridgehead atoms. The van der Waals surface area contributed by atoms with Crippen LogP contribution in [0.5, 0.6) is 0 Å². The zero-order valence-electron chi connectivity index (χ0n) is 28.0. The fourth-order valence-electron chi connectivity index (χ4n) is 8.45. The SMILES string of the molecule is CC1CC=Cc2ccc3c(c21)c1c2ccccc2ccc1n3-c1cccc(-c2nc3ccccc3nc2-c2ccc3sc4ccccc4c3c2)c1.